The number of fused-ring (bicyclic) bond motifs is 2. The van der Waals surface area contributed by atoms with Crippen LogP contribution < -0.4 is 5.32 Å². The second-order valence-electron chi connectivity index (χ2n) is 9.11. The minimum absolute atomic E-state index is 0.0208. The van der Waals surface area contributed by atoms with Crippen molar-refractivity contribution in [2.75, 3.05) is 11.9 Å². The van der Waals surface area contributed by atoms with Gasteiger partial charge in [-0.15, -0.1) is 0 Å². The number of aromatic nitrogens is 1. The predicted octanol–water partition coefficient (Wildman–Crippen LogP) is 5.50. The van der Waals surface area contributed by atoms with Crippen LogP contribution >= 0.6 is 0 Å². The molecule has 0 atom stereocenters. The maximum Gasteiger partial charge on any atom is 0.328 e. The van der Waals surface area contributed by atoms with Crippen LogP contribution in [0.25, 0.3) is 16.7 Å². The molecule has 1 aromatic heterocycles. The lowest BCUT2D eigenvalue weighted by Crippen LogP contribution is -2.37. The molecule has 0 bridgehead atoms. The number of carboxylic acids is 1. The second-order valence-corrected chi connectivity index (χ2v) is 9.11. The lowest BCUT2D eigenvalue weighted by molar-refractivity contribution is -0.132. The van der Waals surface area contributed by atoms with Crippen molar-refractivity contribution in [3.63, 3.8) is 0 Å². The number of oxazole rings is 1. The van der Waals surface area contributed by atoms with E-state index >= 15 is 0 Å². The van der Waals surface area contributed by atoms with Gasteiger partial charge in [-0.05, 0) is 71.9 Å². The smallest absolute Gasteiger partial charge is 0.328 e. The van der Waals surface area contributed by atoms with Crippen molar-refractivity contribution >= 4 is 40.3 Å². The minimum Gasteiger partial charge on any atom is -0.478 e. The van der Waals surface area contributed by atoms with E-state index < -0.39 is 5.97 Å². The Morgan fingerprint density at radius 2 is 1.97 bits per heavy atom. The van der Waals surface area contributed by atoms with Gasteiger partial charge in [0, 0.05) is 24.9 Å². The van der Waals surface area contributed by atoms with Crippen molar-refractivity contribution in [1.29, 1.82) is 0 Å². The minimum atomic E-state index is -0.978. The van der Waals surface area contributed by atoms with Crippen molar-refractivity contribution < 1.29 is 19.1 Å². The molecule has 1 aliphatic heterocycles. The normalized spacial score (nSPS) is 13.5. The fourth-order valence-corrected chi connectivity index (χ4v) is 4.67. The Kier molecular flexibility index (Phi) is 6.29. The van der Waals surface area contributed by atoms with Gasteiger partial charge in [-0.25, -0.2) is 4.79 Å². The largest absolute Gasteiger partial charge is 0.478 e. The molecule has 0 fully saturated rings. The van der Waals surface area contributed by atoms with Gasteiger partial charge < -0.3 is 19.7 Å². The summed E-state index contributed by atoms with van der Waals surface area (Å²) >= 11 is 0. The Labute approximate surface area is 209 Å². The summed E-state index contributed by atoms with van der Waals surface area (Å²) in [7, 11) is 0. The van der Waals surface area contributed by atoms with Gasteiger partial charge in [0.1, 0.15) is 5.52 Å². The maximum absolute atomic E-state index is 13.2. The van der Waals surface area contributed by atoms with Gasteiger partial charge in [0.25, 0.3) is 6.01 Å². The number of carbonyl (C=O) groups is 2. The average molecular weight is 482 g/mol. The highest BCUT2D eigenvalue weighted by Crippen LogP contribution is 2.29. The number of carboxylic acid groups (broad SMARTS) is 1. The number of aliphatic carboxylic acids is 1. The van der Waals surface area contributed by atoms with Gasteiger partial charge in [-0.2, -0.15) is 4.98 Å². The van der Waals surface area contributed by atoms with Crippen LogP contribution in [-0.4, -0.2) is 33.4 Å². The van der Waals surface area contributed by atoms with Crippen LogP contribution in [0.3, 0.4) is 0 Å². The molecule has 0 saturated heterocycles. The fraction of sp³-hybridized carbons (Fsp3) is 0.207. The number of aryl methyl sites for hydroxylation is 1. The van der Waals surface area contributed by atoms with Gasteiger partial charge in [0.05, 0.1) is 6.42 Å². The number of allylic oxidation sites excluding steroid dienone is 1. The highest BCUT2D eigenvalue weighted by atomic mass is 16.4. The molecule has 2 heterocycles. The predicted molar refractivity (Wildman–Crippen MR) is 139 cm³/mol. The van der Waals surface area contributed by atoms with Crippen LogP contribution in [0.4, 0.5) is 11.7 Å². The Morgan fingerprint density at radius 1 is 1.14 bits per heavy atom. The van der Waals surface area contributed by atoms with Crippen LogP contribution in [0.15, 0.2) is 71.2 Å². The molecule has 0 radical (unpaired) electrons. The highest BCUT2D eigenvalue weighted by Gasteiger charge is 2.23. The van der Waals surface area contributed by atoms with E-state index in [0.717, 1.165) is 45.4 Å². The van der Waals surface area contributed by atoms with E-state index in [4.69, 9.17) is 9.52 Å². The Morgan fingerprint density at radius 3 is 2.78 bits per heavy atom. The van der Waals surface area contributed by atoms with Gasteiger partial charge in [-0.1, -0.05) is 42.5 Å². The number of hydrogen-bond acceptors (Lipinski definition) is 5. The zero-order chi connectivity index (χ0) is 25.2. The zero-order valence-electron chi connectivity index (χ0n) is 20.2. The number of carbonyl (C=O) groups excluding carboxylic acids is 1. The van der Waals surface area contributed by atoms with Gasteiger partial charge in [0.15, 0.2) is 5.58 Å². The molecule has 3 aromatic carbocycles. The number of anilines is 2. The number of nitrogens with zero attached hydrogens (tertiary/aromatic N) is 2. The topological polar surface area (TPSA) is 95.7 Å². The van der Waals surface area contributed by atoms with Gasteiger partial charge in [0.2, 0.25) is 5.91 Å². The van der Waals surface area contributed by atoms with Crippen molar-refractivity contribution in [1.82, 2.24) is 9.88 Å². The summed E-state index contributed by atoms with van der Waals surface area (Å²) in [6, 6.07) is 19.9. The monoisotopic (exact) mass is 481 g/mol. The van der Waals surface area contributed by atoms with E-state index in [2.05, 4.69) is 16.4 Å². The summed E-state index contributed by atoms with van der Waals surface area (Å²) in [5.74, 6) is -0.957. The number of amides is 1. The summed E-state index contributed by atoms with van der Waals surface area (Å²) in [6.45, 7) is 4.90. The first kappa shape index (κ1) is 23.4. The average Bonchev–Trinajstić information content (AvgIpc) is 3.26. The standard InChI is InChI=1S/C29H27N3O4/c1-18-6-3-4-9-24(18)30-29-31-25-11-10-20(15-26(25)36-29)16-27(33)32-13-12-21-7-5-8-22(23(21)17-32)19(2)14-28(34)35/h3-11,14-15H,12-13,16-17H2,1-2H3,(H,30,31)(H,34,35)/b19-14+. The third-order valence-corrected chi connectivity index (χ3v) is 6.59. The van der Waals surface area contributed by atoms with Crippen LogP contribution in [-0.2, 0) is 29.0 Å². The summed E-state index contributed by atoms with van der Waals surface area (Å²) < 4.78 is 5.91. The Hall–Kier alpha value is -4.39. The maximum atomic E-state index is 13.2. The Bertz CT molecular complexity index is 1500. The molecule has 0 saturated carbocycles. The molecule has 0 aliphatic carbocycles. The lowest BCUT2D eigenvalue weighted by atomic mass is 9.91. The van der Waals surface area contributed by atoms with Crippen molar-refractivity contribution in [2.24, 2.45) is 0 Å². The van der Waals surface area contributed by atoms with Gasteiger partial charge >= 0.3 is 5.97 Å². The first-order valence-electron chi connectivity index (χ1n) is 11.9. The van der Waals surface area contributed by atoms with Crippen molar-refractivity contribution in [3.05, 3.63) is 94.6 Å². The molecule has 36 heavy (non-hydrogen) atoms. The summed E-state index contributed by atoms with van der Waals surface area (Å²) in [5.41, 5.74) is 7.95. The number of benzene rings is 3. The van der Waals surface area contributed by atoms with Crippen LogP contribution in [0, 0.1) is 6.92 Å². The zero-order valence-corrected chi connectivity index (χ0v) is 20.2. The summed E-state index contributed by atoms with van der Waals surface area (Å²) in [6.07, 6.45) is 2.20. The van der Waals surface area contributed by atoms with Crippen molar-refractivity contribution in [2.45, 2.75) is 33.2 Å². The molecule has 5 rings (SSSR count). The highest BCUT2D eigenvalue weighted by molar-refractivity contribution is 5.90. The molecule has 0 spiro atoms. The fourth-order valence-electron chi connectivity index (χ4n) is 4.67. The van der Waals surface area contributed by atoms with Crippen LogP contribution in [0.5, 0.6) is 0 Å². The molecule has 7 nitrogen and oxygen atoms in total. The molecule has 182 valence electrons. The molecule has 7 heteroatoms. The van der Waals surface area contributed by atoms with Gasteiger partial charge in [-0.3, -0.25) is 4.79 Å². The quantitative estimate of drug-likeness (QED) is 0.353. The van der Waals surface area contributed by atoms with E-state index in [9.17, 15) is 9.59 Å². The van der Waals surface area contributed by atoms with E-state index in [-0.39, 0.29) is 12.3 Å². The number of hydrogen-bond donors (Lipinski definition) is 2. The Balaban J connectivity index is 1.32. The van der Waals surface area contributed by atoms with E-state index in [1.165, 1.54) is 6.08 Å². The van der Waals surface area contributed by atoms with E-state index in [1.54, 1.807) is 6.92 Å². The first-order valence-corrected chi connectivity index (χ1v) is 11.9. The third-order valence-electron chi connectivity index (χ3n) is 6.59. The number of para-hydroxylation sites is 1. The summed E-state index contributed by atoms with van der Waals surface area (Å²) in [4.78, 5) is 30.7. The molecule has 4 aromatic rings. The molecular weight excluding hydrogens is 454 g/mol. The van der Waals surface area contributed by atoms with Crippen LogP contribution in [0.1, 0.15) is 34.7 Å². The molecule has 1 aliphatic rings. The third kappa shape index (κ3) is 4.86. The molecule has 2 N–H and O–H groups in total. The van der Waals surface area contributed by atoms with E-state index in [0.29, 0.717) is 30.3 Å². The van der Waals surface area contributed by atoms with Crippen molar-refractivity contribution in [3.8, 4) is 0 Å². The van der Waals surface area contributed by atoms with Crippen LogP contribution in [0.2, 0.25) is 0 Å². The van der Waals surface area contributed by atoms with E-state index in [1.807, 2.05) is 66.4 Å². The molecule has 1 amide bonds. The number of rotatable bonds is 6. The molecular formula is C29H27N3O4. The SMILES string of the molecule is C/C(=C\C(=O)O)c1cccc2c1CN(C(=O)Cc1ccc3nc(Nc4ccccc4C)oc3c1)CC2. The molecule has 0 unspecified atom stereocenters. The summed E-state index contributed by atoms with van der Waals surface area (Å²) in [5, 5.41) is 12.4. The lowest BCUT2D eigenvalue weighted by Gasteiger charge is -2.30. The second kappa shape index (κ2) is 9.70. The first-order chi connectivity index (χ1) is 17.4. The number of nitrogens with one attached hydrogen (secondary N) is 1.